The summed E-state index contributed by atoms with van der Waals surface area (Å²) in [5.74, 6) is -3.33. The molecule has 1 aromatic carbocycles. The minimum Gasteiger partial charge on any atom is 0 e. The standard InChI is InChI=1S/C7H6O5.Ba.La.2H/c8-4-1-3(7(11)12)2-5(9)6(4)10;;;;/h1-2,8-10H,(H,11,12);;;;. The minimum absolute atomic E-state index is 0. The quantitative estimate of drug-likeness (QED) is 0.346. The molecule has 0 amide bonds. The third-order valence-electron chi connectivity index (χ3n) is 1.32. The van der Waals surface area contributed by atoms with Gasteiger partial charge in [-0.2, -0.15) is 0 Å². The molecule has 0 aliphatic rings. The number of carboxylic acid groups (broad SMARTS) is 1. The van der Waals surface area contributed by atoms with E-state index >= 15 is 0 Å². The molecule has 0 aromatic heterocycles. The molecule has 0 saturated heterocycles. The average Bonchev–Trinajstić information content (AvgIpc) is 1.99. The molecule has 0 fully saturated rings. The number of benzene rings is 1. The molecule has 1 radical (unpaired) electrons. The molecule has 7 heteroatoms. The number of rotatable bonds is 1. The van der Waals surface area contributed by atoms with Gasteiger partial charge in [0.2, 0.25) is 0 Å². The maximum atomic E-state index is 10.3. The minimum atomic E-state index is -1.29. The summed E-state index contributed by atoms with van der Waals surface area (Å²) in [6.45, 7) is 0. The molecule has 5 nitrogen and oxygen atoms in total. The van der Waals surface area contributed by atoms with Gasteiger partial charge in [0, 0.05) is 35.6 Å². The fourth-order valence-corrected chi connectivity index (χ4v) is 0.728. The molecule has 0 aliphatic heterocycles. The second kappa shape index (κ2) is 7.18. The number of hydrogen-bond donors (Lipinski definition) is 4. The Morgan fingerprint density at radius 2 is 1.43 bits per heavy atom. The van der Waals surface area contributed by atoms with E-state index in [1.54, 1.807) is 0 Å². The summed E-state index contributed by atoms with van der Waals surface area (Å²) in [6, 6.07) is 1.69. The van der Waals surface area contributed by atoms with Crippen LogP contribution in [0.4, 0.5) is 0 Å². The van der Waals surface area contributed by atoms with Crippen LogP contribution in [0.25, 0.3) is 0 Å². The second-order valence-electron chi connectivity index (χ2n) is 2.17. The summed E-state index contributed by atoms with van der Waals surface area (Å²) in [4.78, 5) is 10.3. The van der Waals surface area contributed by atoms with Crippen molar-refractivity contribution in [1.82, 2.24) is 0 Å². The average molecular weight is 448 g/mol. The van der Waals surface area contributed by atoms with Crippen LogP contribution in [0.1, 0.15) is 10.4 Å². The van der Waals surface area contributed by atoms with Crippen molar-refractivity contribution < 1.29 is 60.8 Å². The van der Waals surface area contributed by atoms with Crippen molar-refractivity contribution in [2.75, 3.05) is 0 Å². The van der Waals surface area contributed by atoms with Crippen molar-refractivity contribution in [3.05, 3.63) is 17.7 Å². The Kier molecular flexibility index (Phi) is 8.85. The number of phenols is 3. The van der Waals surface area contributed by atoms with Crippen LogP contribution in [0.3, 0.4) is 0 Å². The van der Waals surface area contributed by atoms with Gasteiger partial charge in [-0.1, -0.05) is 0 Å². The van der Waals surface area contributed by atoms with Gasteiger partial charge in [0.1, 0.15) is 0 Å². The summed E-state index contributed by atoms with van der Waals surface area (Å²) >= 11 is 0. The van der Waals surface area contributed by atoms with Gasteiger partial charge in [-0.05, 0) is 12.1 Å². The Morgan fingerprint density at radius 1 is 1.07 bits per heavy atom. The summed E-state index contributed by atoms with van der Waals surface area (Å²) in [5.41, 5.74) is -0.289. The van der Waals surface area contributed by atoms with Crippen LogP contribution >= 0.6 is 0 Å². The van der Waals surface area contributed by atoms with Gasteiger partial charge in [-0.3, -0.25) is 0 Å². The van der Waals surface area contributed by atoms with Crippen LogP contribution in [-0.4, -0.2) is 75.3 Å². The first-order valence-corrected chi connectivity index (χ1v) is 3.00. The summed E-state index contributed by atoms with van der Waals surface area (Å²) in [5, 5.41) is 35.0. The maximum absolute atomic E-state index is 10.3. The van der Waals surface area contributed by atoms with E-state index in [2.05, 4.69) is 0 Å². The predicted octanol–water partition coefficient (Wildman–Crippen LogP) is -0.415. The zero-order chi connectivity index (χ0) is 9.30. The van der Waals surface area contributed by atoms with E-state index in [1.807, 2.05) is 0 Å². The third kappa shape index (κ3) is 4.15. The number of aromatic hydroxyl groups is 3. The number of carboxylic acids is 1. The Morgan fingerprint density at radius 3 is 1.71 bits per heavy atom. The third-order valence-corrected chi connectivity index (χ3v) is 1.32. The molecular formula is C7H8BaLaO5. The van der Waals surface area contributed by atoms with Crippen LogP contribution in [0.2, 0.25) is 0 Å². The Balaban J connectivity index is 0. The van der Waals surface area contributed by atoms with Gasteiger partial charge in [-0.25, -0.2) is 4.79 Å². The fourth-order valence-electron chi connectivity index (χ4n) is 0.728. The van der Waals surface area contributed by atoms with Gasteiger partial charge >= 0.3 is 54.9 Å². The first kappa shape index (κ1) is 17.3. The van der Waals surface area contributed by atoms with Crippen molar-refractivity contribution in [3.63, 3.8) is 0 Å². The van der Waals surface area contributed by atoms with Crippen molar-refractivity contribution in [2.24, 2.45) is 0 Å². The maximum Gasteiger partial charge on any atom is 0 e. The SMILES string of the molecule is O=C(O)c1cc(O)c(O)c(O)c1.[BaH2].[La]. The number of phenolic OH excluding ortho intramolecular Hbond substituents is 3. The molecule has 0 spiro atoms. The molecule has 0 bridgehead atoms. The summed E-state index contributed by atoms with van der Waals surface area (Å²) < 4.78 is 0. The van der Waals surface area contributed by atoms with Crippen LogP contribution < -0.4 is 0 Å². The molecular weight excluding hydrogens is 440 g/mol. The zero-order valence-electron chi connectivity index (χ0n) is 6.43. The van der Waals surface area contributed by atoms with E-state index in [-0.39, 0.29) is 90.0 Å². The topological polar surface area (TPSA) is 98.0 Å². The predicted molar refractivity (Wildman–Crippen MR) is 46.9 cm³/mol. The van der Waals surface area contributed by atoms with E-state index in [4.69, 9.17) is 20.4 Å². The monoisotopic (exact) mass is 449 g/mol. The fraction of sp³-hybridized carbons (Fsp3) is 0. The van der Waals surface area contributed by atoms with E-state index in [0.717, 1.165) is 12.1 Å². The van der Waals surface area contributed by atoms with Gasteiger partial charge in [0.15, 0.2) is 17.2 Å². The first-order chi connectivity index (χ1) is 5.52. The molecule has 14 heavy (non-hydrogen) atoms. The summed E-state index contributed by atoms with van der Waals surface area (Å²) in [6.07, 6.45) is 0. The molecule has 0 unspecified atom stereocenters. The van der Waals surface area contributed by atoms with Crippen LogP contribution in [0.5, 0.6) is 17.2 Å². The number of carbonyl (C=O) groups is 1. The Labute approximate surface area is 148 Å². The normalized spacial score (nSPS) is 8.29. The Bertz CT molecular complexity index is 318. The van der Waals surface area contributed by atoms with Crippen molar-refractivity contribution in [3.8, 4) is 17.2 Å². The summed E-state index contributed by atoms with van der Waals surface area (Å²) in [7, 11) is 0. The molecule has 0 saturated carbocycles. The van der Waals surface area contributed by atoms with Crippen molar-refractivity contribution >= 4 is 54.9 Å². The molecule has 1 rings (SSSR count). The number of aromatic carboxylic acids is 1. The molecule has 0 aliphatic carbocycles. The first-order valence-electron chi connectivity index (χ1n) is 3.00. The largest absolute Gasteiger partial charge is 0 e. The smallest absolute Gasteiger partial charge is 0 e. The van der Waals surface area contributed by atoms with Crippen LogP contribution in [0.15, 0.2) is 12.1 Å². The molecule has 4 N–H and O–H groups in total. The van der Waals surface area contributed by atoms with Gasteiger partial charge in [-0.15, -0.1) is 0 Å². The van der Waals surface area contributed by atoms with Crippen molar-refractivity contribution in [1.29, 1.82) is 0 Å². The number of hydrogen-bond acceptors (Lipinski definition) is 4. The molecule has 0 heterocycles. The van der Waals surface area contributed by atoms with Gasteiger partial charge < -0.3 is 20.4 Å². The van der Waals surface area contributed by atoms with Gasteiger partial charge in [0.05, 0.1) is 5.56 Å². The molecule has 0 atom stereocenters. The van der Waals surface area contributed by atoms with Crippen LogP contribution in [0, 0.1) is 35.6 Å². The van der Waals surface area contributed by atoms with E-state index in [1.165, 1.54) is 0 Å². The molecule has 1 aromatic rings. The van der Waals surface area contributed by atoms with E-state index < -0.39 is 23.2 Å². The Hall–Kier alpha value is 0.856. The molecule has 71 valence electrons. The van der Waals surface area contributed by atoms with Crippen molar-refractivity contribution in [2.45, 2.75) is 0 Å². The zero-order valence-corrected chi connectivity index (χ0v) is 10.1. The second-order valence-corrected chi connectivity index (χ2v) is 2.17. The van der Waals surface area contributed by atoms with Crippen LogP contribution in [-0.2, 0) is 0 Å². The van der Waals surface area contributed by atoms with E-state index in [9.17, 15) is 4.79 Å². The van der Waals surface area contributed by atoms with Gasteiger partial charge in [0.25, 0.3) is 0 Å². The van der Waals surface area contributed by atoms with E-state index in [0.29, 0.717) is 0 Å².